The van der Waals surface area contributed by atoms with Crippen LogP contribution < -0.4 is 4.90 Å². The molecule has 1 aromatic carbocycles. The second-order valence-electron chi connectivity index (χ2n) is 5.70. The first-order chi connectivity index (χ1) is 10.5. The first-order valence-corrected chi connectivity index (χ1v) is 7.29. The van der Waals surface area contributed by atoms with E-state index in [2.05, 4.69) is 10.00 Å². The number of carbonyl (C=O) groups is 1. The zero-order chi connectivity index (χ0) is 15.7. The Hall–Kier alpha value is -2.21. The molecular formula is C16H19FN4O. The molecule has 1 aliphatic heterocycles. The first kappa shape index (κ1) is 14.7. The standard InChI is InChI=1S/C16H19FN4O/c1-12-3-4-14(17)7-13(12)9-20-5-6-21(16(22)11-20)15-8-18-19(2)10-15/h3-4,7-8,10H,5-6,9,11H2,1-2H3. The minimum absolute atomic E-state index is 0.0494. The van der Waals surface area contributed by atoms with Crippen LogP contribution in [0.15, 0.2) is 30.6 Å². The Kier molecular flexibility index (Phi) is 3.94. The van der Waals surface area contributed by atoms with Gasteiger partial charge in [-0.1, -0.05) is 6.07 Å². The quantitative estimate of drug-likeness (QED) is 0.867. The van der Waals surface area contributed by atoms with Crippen LogP contribution in [-0.2, 0) is 18.4 Å². The summed E-state index contributed by atoms with van der Waals surface area (Å²) in [7, 11) is 1.83. The van der Waals surface area contributed by atoms with Crippen LogP contribution in [0.2, 0.25) is 0 Å². The van der Waals surface area contributed by atoms with Crippen LogP contribution in [0.25, 0.3) is 0 Å². The van der Waals surface area contributed by atoms with Gasteiger partial charge in [0, 0.05) is 32.9 Å². The third-order valence-corrected chi connectivity index (χ3v) is 4.01. The Morgan fingerprint density at radius 2 is 2.14 bits per heavy atom. The Labute approximate surface area is 128 Å². The summed E-state index contributed by atoms with van der Waals surface area (Å²) in [5, 5.41) is 4.10. The van der Waals surface area contributed by atoms with Gasteiger partial charge in [0.05, 0.1) is 18.4 Å². The predicted octanol–water partition coefficient (Wildman–Crippen LogP) is 1.72. The molecule has 0 atom stereocenters. The number of carbonyl (C=O) groups excluding carboxylic acids is 1. The molecule has 0 unspecified atom stereocenters. The van der Waals surface area contributed by atoms with E-state index in [1.165, 1.54) is 6.07 Å². The van der Waals surface area contributed by atoms with E-state index in [0.29, 0.717) is 19.6 Å². The molecule has 2 aromatic rings. The van der Waals surface area contributed by atoms with Crippen molar-refractivity contribution in [1.82, 2.24) is 14.7 Å². The number of aromatic nitrogens is 2. The third kappa shape index (κ3) is 3.01. The van der Waals surface area contributed by atoms with Crippen molar-refractivity contribution in [2.75, 3.05) is 24.5 Å². The molecule has 22 heavy (non-hydrogen) atoms. The zero-order valence-corrected chi connectivity index (χ0v) is 12.8. The maximum atomic E-state index is 13.4. The van der Waals surface area contributed by atoms with Gasteiger partial charge in [0.1, 0.15) is 5.82 Å². The van der Waals surface area contributed by atoms with Crippen molar-refractivity contribution in [1.29, 1.82) is 0 Å². The van der Waals surface area contributed by atoms with Crippen LogP contribution in [0.5, 0.6) is 0 Å². The van der Waals surface area contributed by atoms with Crippen molar-refractivity contribution in [3.8, 4) is 0 Å². The minimum atomic E-state index is -0.235. The average molecular weight is 302 g/mol. The van der Waals surface area contributed by atoms with Gasteiger partial charge in [0.25, 0.3) is 0 Å². The highest BCUT2D eigenvalue weighted by Crippen LogP contribution is 2.18. The van der Waals surface area contributed by atoms with Crippen molar-refractivity contribution in [3.63, 3.8) is 0 Å². The van der Waals surface area contributed by atoms with E-state index in [0.717, 1.165) is 23.4 Å². The summed E-state index contributed by atoms with van der Waals surface area (Å²) in [6.45, 7) is 4.28. The molecule has 1 saturated heterocycles. The fourth-order valence-corrected chi connectivity index (χ4v) is 2.73. The molecule has 1 amide bonds. The summed E-state index contributed by atoms with van der Waals surface area (Å²) < 4.78 is 15.0. The lowest BCUT2D eigenvalue weighted by Gasteiger charge is -2.33. The number of hydrogen-bond acceptors (Lipinski definition) is 3. The molecule has 1 aliphatic rings. The number of rotatable bonds is 3. The lowest BCUT2D eigenvalue weighted by Crippen LogP contribution is -2.50. The van der Waals surface area contributed by atoms with E-state index < -0.39 is 0 Å². The van der Waals surface area contributed by atoms with Gasteiger partial charge in [-0.3, -0.25) is 14.4 Å². The highest BCUT2D eigenvalue weighted by atomic mass is 19.1. The van der Waals surface area contributed by atoms with Crippen molar-refractivity contribution in [2.24, 2.45) is 7.05 Å². The second kappa shape index (κ2) is 5.88. The van der Waals surface area contributed by atoms with Crippen molar-refractivity contribution >= 4 is 11.6 Å². The zero-order valence-electron chi connectivity index (χ0n) is 12.8. The fraction of sp³-hybridized carbons (Fsp3) is 0.375. The smallest absolute Gasteiger partial charge is 0.241 e. The van der Waals surface area contributed by atoms with Gasteiger partial charge in [-0.15, -0.1) is 0 Å². The molecular weight excluding hydrogens is 283 g/mol. The number of nitrogens with zero attached hydrogens (tertiary/aromatic N) is 4. The topological polar surface area (TPSA) is 41.4 Å². The van der Waals surface area contributed by atoms with Crippen molar-refractivity contribution in [2.45, 2.75) is 13.5 Å². The molecule has 0 aliphatic carbocycles. The molecule has 0 N–H and O–H groups in total. The Balaban J connectivity index is 1.67. The van der Waals surface area contributed by atoms with Crippen LogP contribution in [0, 0.1) is 12.7 Å². The Morgan fingerprint density at radius 1 is 1.32 bits per heavy atom. The molecule has 1 fully saturated rings. The molecule has 2 heterocycles. The van der Waals surface area contributed by atoms with Crippen molar-refractivity contribution in [3.05, 3.63) is 47.5 Å². The summed E-state index contributed by atoms with van der Waals surface area (Å²) in [5.41, 5.74) is 2.81. The molecule has 3 rings (SSSR count). The number of piperazine rings is 1. The minimum Gasteiger partial charge on any atom is -0.307 e. The van der Waals surface area contributed by atoms with Gasteiger partial charge in [0.15, 0.2) is 0 Å². The third-order valence-electron chi connectivity index (χ3n) is 4.01. The summed E-state index contributed by atoms with van der Waals surface area (Å²) in [4.78, 5) is 16.1. The highest BCUT2D eigenvalue weighted by molar-refractivity contribution is 5.95. The van der Waals surface area contributed by atoms with Gasteiger partial charge in [-0.2, -0.15) is 5.10 Å². The van der Waals surface area contributed by atoms with E-state index >= 15 is 0 Å². The number of aryl methyl sites for hydroxylation is 2. The SMILES string of the molecule is Cc1ccc(F)cc1CN1CCN(c2cnn(C)c2)C(=O)C1. The summed E-state index contributed by atoms with van der Waals surface area (Å²) in [6.07, 6.45) is 3.54. The van der Waals surface area contributed by atoms with E-state index in [1.54, 1.807) is 27.9 Å². The number of benzene rings is 1. The van der Waals surface area contributed by atoms with Crippen LogP contribution in [-0.4, -0.2) is 40.2 Å². The maximum absolute atomic E-state index is 13.4. The summed E-state index contributed by atoms with van der Waals surface area (Å²) in [6, 6.07) is 4.79. The maximum Gasteiger partial charge on any atom is 0.241 e. The van der Waals surface area contributed by atoms with E-state index in [1.807, 2.05) is 20.2 Å². The lowest BCUT2D eigenvalue weighted by molar-refractivity contribution is -0.121. The van der Waals surface area contributed by atoms with Gasteiger partial charge in [-0.25, -0.2) is 4.39 Å². The van der Waals surface area contributed by atoms with E-state index in [-0.39, 0.29) is 11.7 Å². The fourth-order valence-electron chi connectivity index (χ4n) is 2.73. The van der Waals surface area contributed by atoms with E-state index in [9.17, 15) is 9.18 Å². The lowest BCUT2D eigenvalue weighted by atomic mass is 10.1. The summed E-state index contributed by atoms with van der Waals surface area (Å²) in [5.74, 6) is -0.186. The predicted molar refractivity (Wildman–Crippen MR) is 82.0 cm³/mol. The first-order valence-electron chi connectivity index (χ1n) is 7.29. The highest BCUT2D eigenvalue weighted by Gasteiger charge is 2.26. The monoisotopic (exact) mass is 302 g/mol. The number of amides is 1. The van der Waals surface area contributed by atoms with Gasteiger partial charge >= 0.3 is 0 Å². The molecule has 0 radical (unpaired) electrons. The molecule has 0 saturated carbocycles. The van der Waals surface area contributed by atoms with Crippen LogP contribution in [0.4, 0.5) is 10.1 Å². The van der Waals surface area contributed by atoms with Crippen LogP contribution >= 0.6 is 0 Å². The van der Waals surface area contributed by atoms with Crippen molar-refractivity contribution < 1.29 is 9.18 Å². The van der Waals surface area contributed by atoms with Crippen LogP contribution in [0.1, 0.15) is 11.1 Å². The number of anilines is 1. The van der Waals surface area contributed by atoms with E-state index in [4.69, 9.17) is 0 Å². The largest absolute Gasteiger partial charge is 0.307 e. The Morgan fingerprint density at radius 3 is 2.82 bits per heavy atom. The Bertz CT molecular complexity index is 697. The molecule has 1 aromatic heterocycles. The molecule has 0 bridgehead atoms. The number of halogens is 1. The van der Waals surface area contributed by atoms with Gasteiger partial charge in [-0.05, 0) is 30.2 Å². The second-order valence-corrected chi connectivity index (χ2v) is 5.70. The molecule has 6 heteroatoms. The van der Waals surface area contributed by atoms with Gasteiger partial charge in [0.2, 0.25) is 5.91 Å². The molecule has 0 spiro atoms. The number of hydrogen-bond donors (Lipinski definition) is 0. The molecule has 5 nitrogen and oxygen atoms in total. The van der Waals surface area contributed by atoms with Gasteiger partial charge < -0.3 is 4.90 Å². The summed E-state index contributed by atoms with van der Waals surface area (Å²) >= 11 is 0. The van der Waals surface area contributed by atoms with Crippen LogP contribution in [0.3, 0.4) is 0 Å². The average Bonchev–Trinajstić information content (AvgIpc) is 2.89. The normalized spacial score (nSPS) is 16.3. The molecule has 116 valence electrons.